The van der Waals surface area contributed by atoms with Gasteiger partial charge in [0.15, 0.2) is 27.0 Å². The number of hydrogen-bond donors (Lipinski definition) is 5. The van der Waals surface area contributed by atoms with Gasteiger partial charge in [-0.15, -0.1) is 0 Å². The van der Waals surface area contributed by atoms with Crippen molar-refractivity contribution in [3.63, 3.8) is 0 Å². The Bertz CT molecular complexity index is 2040. The number of Topliss-reactive ketones (excluding diaryl/α,β-unsaturated/α-hetero) is 1. The summed E-state index contributed by atoms with van der Waals surface area (Å²) in [4.78, 5) is 39.8. The number of halogens is 1. The summed E-state index contributed by atoms with van der Waals surface area (Å²) in [5, 5.41) is 49.2. The molecule has 15 heteroatoms. The van der Waals surface area contributed by atoms with Crippen molar-refractivity contribution in [2.24, 2.45) is 0 Å². The van der Waals surface area contributed by atoms with Crippen molar-refractivity contribution in [1.82, 2.24) is 0 Å². The number of phenols is 1. The van der Waals surface area contributed by atoms with Gasteiger partial charge in [0.05, 0.1) is 6.04 Å². The van der Waals surface area contributed by atoms with Crippen LogP contribution in [0.25, 0.3) is 11.1 Å². The largest absolute Gasteiger partial charge is 0.508 e. The zero-order chi connectivity index (χ0) is 35.9. The first-order valence-electron chi connectivity index (χ1n) is 15.2. The Morgan fingerprint density at radius 3 is 2.18 bits per heavy atom. The summed E-state index contributed by atoms with van der Waals surface area (Å²) in [5.74, 6) is -5.44. The van der Waals surface area contributed by atoms with Crippen LogP contribution in [-0.4, -0.2) is 93.3 Å². The van der Waals surface area contributed by atoms with Gasteiger partial charge in [0.25, 0.3) is 0 Å². The van der Waals surface area contributed by atoms with E-state index in [1.165, 1.54) is 29.2 Å². The van der Waals surface area contributed by atoms with E-state index in [1.54, 1.807) is 48.5 Å². The lowest BCUT2D eigenvalue weighted by Gasteiger charge is -2.47. The van der Waals surface area contributed by atoms with Crippen molar-refractivity contribution >= 4 is 33.2 Å². The van der Waals surface area contributed by atoms with Gasteiger partial charge >= 0.3 is 5.97 Å². The van der Waals surface area contributed by atoms with Crippen LogP contribution < -0.4 is 9.64 Å². The molecule has 7 atom stereocenters. The third-order valence-corrected chi connectivity index (χ3v) is 10.4. The first-order chi connectivity index (χ1) is 23.8. The van der Waals surface area contributed by atoms with Crippen LogP contribution in [0.2, 0.25) is 0 Å². The first-order valence-corrected chi connectivity index (χ1v) is 16.9. The zero-order valence-electron chi connectivity index (χ0n) is 25.8. The van der Waals surface area contributed by atoms with Crippen LogP contribution >= 0.6 is 0 Å². The standard InChI is InChI=1S/C35H30FNO12S/c36-21-12-9-18(10-13-21)25(39)17-50(46,47)32-27(37(33(32)43)22-6-2-1-3-7-22)24-14-11-20(19-5-4-8-23(38)15-19)16-26(24)48-35-30(42)28(40)29(41)31(49-35)34(44)45/h1-16,27-32,35,38,40-42H,17H2,(H,44,45)/t27-,28?,29?,30?,31?,32-,35-/m1/s1. The number of benzene rings is 4. The number of para-hydroxylation sites is 1. The lowest BCUT2D eigenvalue weighted by atomic mass is 9.90. The fraction of sp³-hybridized carbons (Fsp3) is 0.229. The van der Waals surface area contributed by atoms with Gasteiger partial charge in [-0.2, -0.15) is 0 Å². The molecular weight excluding hydrogens is 677 g/mol. The highest BCUT2D eigenvalue weighted by Crippen LogP contribution is 2.47. The fourth-order valence-corrected chi connectivity index (χ4v) is 7.80. The number of sulfone groups is 1. The number of carboxylic acids is 1. The van der Waals surface area contributed by atoms with Crippen LogP contribution in [0.5, 0.6) is 11.5 Å². The minimum atomic E-state index is -4.59. The maximum atomic E-state index is 13.9. The second kappa shape index (κ2) is 13.6. The van der Waals surface area contributed by atoms with E-state index >= 15 is 0 Å². The van der Waals surface area contributed by atoms with Crippen LogP contribution in [0, 0.1) is 5.82 Å². The second-order valence-corrected chi connectivity index (χ2v) is 13.9. The van der Waals surface area contributed by atoms with Crippen LogP contribution in [0.15, 0.2) is 97.1 Å². The summed E-state index contributed by atoms with van der Waals surface area (Å²) in [6, 6.07) is 21.3. The fourth-order valence-electron chi connectivity index (χ4n) is 6.00. The van der Waals surface area contributed by atoms with Crippen molar-refractivity contribution < 1.29 is 62.2 Å². The number of nitrogens with zero attached hydrogens (tertiary/aromatic N) is 1. The highest BCUT2D eigenvalue weighted by molar-refractivity contribution is 7.93. The van der Waals surface area contributed by atoms with E-state index < -0.39 is 81.1 Å². The number of amides is 1. The number of anilines is 1. The molecule has 0 aromatic heterocycles. The molecular formula is C35H30FNO12S. The van der Waals surface area contributed by atoms with Gasteiger partial charge < -0.3 is 39.9 Å². The third-order valence-electron chi connectivity index (χ3n) is 8.53. The number of carboxylic acid groups (broad SMARTS) is 1. The van der Waals surface area contributed by atoms with E-state index in [1.807, 2.05) is 0 Å². The molecule has 2 saturated heterocycles. The van der Waals surface area contributed by atoms with Gasteiger partial charge in [0.1, 0.15) is 41.4 Å². The topological polar surface area (TPSA) is 208 Å². The molecule has 2 heterocycles. The summed E-state index contributed by atoms with van der Waals surface area (Å²) in [6.07, 6.45) is -9.97. The van der Waals surface area contributed by atoms with Gasteiger partial charge in [0, 0.05) is 16.8 Å². The SMILES string of the molecule is O=C(CS(=O)(=O)[C@H]1C(=O)N(c2ccccc2)[C@@H]1c1ccc(-c2cccc(O)c2)cc1O[C@@H]1OC(C(=O)O)C(O)C(O)C1O)c1ccc(F)cc1. The van der Waals surface area contributed by atoms with Crippen LogP contribution in [0.3, 0.4) is 0 Å². The Balaban J connectivity index is 1.46. The molecule has 4 aromatic carbocycles. The average molecular weight is 708 g/mol. The van der Waals surface area contributed by atoms with Gasteiger partial charge in [-0.1, -0.05) is 42.5 Å². The Kier molecular flexibility index (Phi) is 9.44. The number of aromatic hydroxyl groups is 1. The number of phenolic OH excluding ortho intramolecular Hbond substituents is 1. The Morgan fingerprint density at radius 1 is 0.840 bits per heavy atom. The molecule has 0 aliphatic carbocycles. The van der Waals surface area contributed by atoms with E-state index in [9.17, 15) is 52.7 Å². The average Bonchev–Trinajstić information content (AvgIpc) is 3.07. The lowest BCUT2D eigenvalue weighted by Crippen LogP contribution is -2.63. The van der Waals surface area contributed by atoms with Crippen LogP contribution in [0.4, 0.5) is 10.1 Å². The molecule has 1 amide bonds. The van der Waals surface area contributed by atoms with E-state index in [-0.39, 0.29) is 22.6 Å². The molecule has 260 valence electrons. The predicted octanol–water partition coefficient (Wildman–Crippen LogP) is 2.22. The summed E-state index contributed by atoms with van der Waals surface area (Å²) in [5.41, 5.74) is 1.09. The molecule has 5 N–H and O–H groups in total. The minimum Gasteiger partial charge on any atom is -0.508 e. The number of ketones is 1. The molecule has 0 bridgehead atoms. The normalized spacial score (nSPS) is 25.1. The molecule has 4 aromatic rings. The van der Waals surface area contributed by atoms with Crippen molar-refractivity contribution in [2.45, 2.75) is 42.0 Å². The highest BCUT2D eigenvalue weighted by Gasteiger charge is 2.57. The maximum absolute atomic E-state index is 13.9. The smallest absolute Gasteiger partial charge is 0.335 e. The number of carbonyl (C=O) groups excluding carboxylic acids is 2. The monoisotopic (exact) mass is 707 g/mol. The van der Waals surface area contributed by atoms with E-state index in [0.29, 0.717) is 16.8 Å². The van der Waals surface area contributed by atoms with E-state index in [2.05, 4.69) is 0 Å². The number of ether oxygens (including phenoxy) is 2. The molecule has 6 rings (SSSR count). The summed E-state index contributed by atoms with van der Waals surface area (Å²) in [7, 11) is -4.59. The van der Waals surface area contributed by atoms with E-state index in [0.717, 1.165) is 24.3 Å². The summed E-state index contributed by atoms with van der Waals surface area (Å²) in [6.45, 7) is 0. The summed E-state index contributed by atoms with van der Waals surface area (Å²) < 4.78 is 52.6. The predicted molar refractivity (Wildman–Crippen MR) is 173 cm³/mol. The number of aliphatic hydroxyl groups is 3. The number of hydrogen-bond acceptors (Lipinski definition) is 11. The molecule has 2 aliphatic rings. The van der Waals surface area contributed by atoms with Crippen LogP contribution in [0.1, 0.15) is 22.0 Å². The third kappa shape index (κ3) is 6.56. The van der Waals surface area contributed by atoms with Crippen molar-refractivity contribution in [1.29, 1.82) is 0 Å². The number of rotatable bonds is 10. The molecule has 50 heavy (non-hydrogen) atoms. The Hall–Kier alpha value is -5.19. The Morgan fingerprint density at radius 2 is 1.52 bits per heavy atom. The maximum Gasteiger partial charge on any atom is 0.335 e. The van der Waals surface area contributed by atoms with Gasteiger partial charge in [-0.05, 0) is 65.7 Å². The molecule has 13 nitrogen and oxygen atoms in total. The molecule has 4 unspecified atom stereocenters. The van der Waals surface area contributed by atoms with Crippen molar-refractivity contribution in [3.8, 4) is 22.6 Å². The quantitative estimate of drug-likeness (QED) is 0.119. The molecule has 0 spiro atoms. The summed E-state index contributed by atoms with van der Waals surface area (Å²) >= 11 is 0. The number of carbonyl (C=O) groups is 3. The van der Waals surface area contributed by atoms with E-state index in [4.69, 9.17) is 9.47 Å². The number of aliphatic carboxylic acids is 1. The van der Waals surface area contributed by atoms with Crippen LogP contribution in [-0.2, 0) is 24.2 Å². The highest BCUT2D eigenvalue weighted by atomic mass is 32.2. The Labute approximate surface area is 284 Å². The van der Waals surface area contributed by atoms with Gasteiger partial charge in [0.2, 0.25) is 12.2 Å². The zero-order valence-corrected chi connectivity index (χ0v) is 26.6. The number of aliphatic hydroxyl groups excluding tert-OH is 3. The van der Waals surface area contributed by atoms with Crippen molar-refractivity contribution in [3.05, 3.63) is 114 Å². The molecule has 0 radical (unpaired) electrons. The lowest BCUT2D eigenvalue weighted by molar-refractivity contribution is -0.271. The van der Waals surface area contributed by atoms with Gasteiger partial charge in [-0.3, -0.25) is 9.59 Å². The second-order valence-electron chi connectivity index (χ2n) is 11.8. The number of β-lactam (4-membered cyclic amide) rings is 1. The molecule has 2 fully saturated rings. The first kappa shape index (κ1) is 34.7. The minimum absolute atomic E-state index is 0.0310. The van der Waals surface area contributed by atoms with Crippen molar-refractivity contribution in [2.75, 3.05) is 10.7 Å². The molecule has 0 saturated carbocycles. The molecule has 2 aliphatic heterocycles. The van der Waals surface area contributed by atoms with Gasteiger partial charge in [-0.25, -0.2) is 17.6 Å².